The van der Waals surface area contributed by atoms with Crippen molar-refractivity contribution in [1.29, 1.82) is 0 Å². The Labute approximate surface area is 79.1 Å². The molecular weight excluding hydrogens is 168 g/mol. The normalized spacial score (nSPS) is 25.0. The van der Waals surface area contributed by atoms with Gasteiger partial charge in [0.2, 0.25) is 0 Å². The smallest absolute Gasteiger partial charge is 0.317 e. The Morgan fingerprint density at radius 2 is 2.38 bits per heavy atom. The van der Waals surface area contributed by atoms with Gasteiger partial charge in [-0.05, 0) is 33.5 Å². The first-order valence-electron chi connectivity index (χ1n) is 4.70. The van der Waals surface area contributed by atoms with Crippen molar-refractivity contribution >= 4 is 5.97 Å². The number of nitrogens with zero attached hydrogens (tertiary/aromatic N) is 2. The van der Waals surface area contributed by atoms with Crippen molar-refractivity contribution in [2.45, 2.75) is 18.9 Å². The Kier molecular flexibility index (Phi) is 3.69. The Balaban J connectivity index is 2.36. The van der Waals surface area contributed by atoms with Gasteiger partial charge in [-0.2, -0.15) is 0 Å². The predicted molar refractivity (Wildman–Crippen MR) is 50.8 cm³/mol. The maximum atomic E-state index is 10.5. The second-order valence-electron chi connectivity index (χ2n) is 3.87. The van der Waals surface area contributed by atoms with Gasteiger partial charge in [0.1, 0.15) is 0 Å². The fourth-order valence-corrected chi connectivity index (χ4v) is 1.84. The molecule has 1 aliphatic rings. The lowest BCUT2D eigenvalue weighted by Gasteiger charge is -2.35. The van der Waals surface area contributed by atoms with Crippen molar-refractivity contribution in [3.05, 3.63) is 0 Å². The summed E-state index contributed by atoms with van der Waals surface area (Å²) in [5, 5.41) is 8.63. The fourth-order valence-electron chi connectivity index (χ4n) is 1.84. The molecule has 0 aromatic heterocycles. The quantitative estimate of drug-likeness (QED) is 0.679. The van der Waals surface area contributed by atoms with E-state index in [9.17, 15) is 4.79 Å². The molecule has 0 saturated carbocycles. The van der Waals surface area contributed by atoms with Gasteiger partial charge in [0.25, 0.3) is 0 Å². The zero-order valence-electron chi connectivity index (χ0n) is 8.36. The molecule has 1 fully saturated rings. The van der Waals surface area contributed by atoms with Gasteiger partial charge in [0.15, 0.2) is 0 Å². The van der Waals surface area contributed by atoms with Crippen LogP contribution in [0, 0.1) is 0 Å². The van der Waals surface area contributed by atoms with Crippen molar-refractivity contribution in [3.8, 4) is 0 Å². The number of likely N-dealkylation sites (tertiary alicyclic amines) is 1. The highest BCUT2D eigenvalue weighted by atomic mass is 16.4. The number of hydrogen-bond donors (Lipinski definition) is 1. The summed E-state index contributed by atoms with van der Waals surface area (Å²) in [6, 6.07) is 0.412. The van der Waals surface area contributed by atoms with Crippen LogP contribution >= 0.6 is 0 Å². The first kappa shape index (κ1) is 10.5. The molecule has 1 atom stereocenters. The van der Waals surface area contributed by atoms with Crippen LogP contribution < -0.4 is 0 Å². The van der Waals surface area contributed by atoms with Gasteiger partial charge in [-0.3, -0.25) is 9.69 Å². The van der Waals surface area contributed by atoms with E-state index in [1.54, 1.807) is 0 Å². The third-order valence-electron chi connectivity index (χ3n) is 2.61. The van der Waals surface area contributed by atoms with Crippen LogP contribution in [0.3, 0.4) is 0 Å². The molecule has 1 rings (SSSR count). The summed E-state index contributed by atoms with van der Waals surface area (Å²) >= 11 is 0. The van der Waals surface area contributed by atoms with Crippen LogP contribution in [0.2, 0.25) is 0 Å². The highest BCUT2D eigenvalue weighted by molar-refractivity contribution is 5.69. The van der Waals surface area contributed by atoms with Crippen LogP contribution in [-0.4, -0.2) is 60.6 Å². The minimum atomic E-state index is -0.740. The van der Waals surface area contributed by atoms with Crippen LogP contribution in [0.5, 0.6) is 0 Å². The maximum Gasteiger partial charge on any atom is 0.317 e. The van der Waals surface area contributed by atoms with E-state index in [4.69, 9.17) is 5.11 Å². The van der Waals surface area contributed by atoms with Crippen LogP contribution in [0.15, 0.2) is 0 Å². The standard InChI is InChI=1S/C9H18N2O2/c1-10-5-3-4-8(6-10)11(2)7-9(12)13/h8H,3-7H2,1-2H3,(H,12,13)/t8-/m0/s1. The van der Waals surface area contributed by atoms with Crippen molar-refractivity contribution < 1.29 is 9.90 Å². The summed E-state index contributed by atoms with van der Waals surface area (Å²) in [6.45, 7) is 2.28. The van der Waals surface area contributed by atoms with E-state index in [2.05, 4.69) is 11.9 Å². The molecule has 0 unspecified atom stereocenters. The van der Waals surface area contributed by atoms with Crippen molar-refractivity contribution in [3.63, 3.8) is 0 Å². The number of rotatable bonds is 3. The second kappa shape index (κ2) is 4.58. The SMILES string of the molecule is CN1CCC[C@H](N(C)CC(=O)O)C1. The molecule has 0 radical (unpaired) electrons. The highest BCUT2D eigenvalue weighted by Gasteiger charge is 2.21. The first-order valence-corrected chi connectivity index (χ1v) is 4.70. The fraction of sp³-hybridized carbons (Fsp3) is 0.889. The van der Waals surface area contributed by atoms with Crippen LogP contribution in [0.4, 0.5) is 0 Å². The van der Waals surface area contributed by atoms with Crippen molar-refractivity contribution in [2.24, 2.45) is 0 Å². The van der Waals surface area contributed by atoms with E-state index >= 15 is 0 Å². The van der Waals surface area contributed by atoms with Crippen LogP contribution in [-0.2, 0) is 4.79 Å². The highest BCUT2D eigenvalue weighted by Crippen LogP contribution is 2.12. The molecule has 0 aliphatic carbocycles. The lowest BCUT2D eigenvalue weighted by Crippen LogP contribution is -2.46. The molecule has 76 valence electrons. The maximum absolute atomic E-state index is 10.5. The monoisotopic (exact) mass is 186 g/mol. The molecule has 0 spiro atoms. The molecule has 0 aromatic carbocycles. The predicted octanol–water partition coefficient (Wildman–Crippen LogP) is 0.0970. The van der Waals surface area contributed by atoms with Gasteiger partial charge >= 0.3 is 5.97 Å². The Morgan fingerprint density at radius 1 is 1.69 bits per heavy atom. The minimum absolute atomic E-state index is 0.151. The molecule has 4 nitrogen and oxygen atoms in total. The third-order valence-corrected chi connectivity index (χ3v) is 2.61. The van der Waals surface area contributed by atoms with Crippen molar-refractivity contribution in [2.75, 3.05) is 33.7 Å². The molecule has 4 heteroatoms. The van der Waals surface area contributed by atoms with E-state index in [0.717, 1.165) is 19.5 Å². The largest absolute Gasteiger partial charge is 0.480 e. The second-order valence-corrected chi connectivity index (χ2v) is 3.87. The summed E-state index contributed by atoms with van der Waals surface area (Å²) < 4.78 is 0. The molecule has 13 heavy (non-hydrogen) atoms. The summed E-state index contributed by atoms with van der Waals surface area (Å²) in [6.07, 6.45) is 2.29. The summed E-state index contributed by atoms with van der Waals surface area (Å²) in [5.74, 6) is -0.740. The number of likely N-dealkylation sites (N-methyl/N-ethyl adjacent to an activating group) is 2. The molecule has 1 aliphatic heterocycles. The summed E-state index contributed by atoms with van der Waals surface area (Å²) in [7, 11) is 3.97. The number of piperidine rings is 1. The Hall–Kier alpha value is -0.610. The van der Waals surface area contributed by atoms with E-state index in [1.807, 2.05) is 11.9 Å². The van der Waals surface area contributed by atoms with Gasteiger partial charge in [-0.1, -0.05) is 0 Å². The molecule has 1 saturated heterocycles. The lowest BCUT2D eigenvalue weighted by molar-refractivity contribution is -0.138. The van der Waals surface area contributed by atoms with Crippen molar-refractivity contribution in [1.82, 2.24) is 9.80 Å². The molecule has 0 amide bonds. The molecule has 1 heterocycles. The van der Waals surface area contributed by atoms with E-state index in [-0.39, 0.29) is 6.54 Å². The number of carboxylic acids is 1. The minimum Gasteiger partial charge on any atom is -0.480 e. The Bertz CT molecular complexity index is 184. The van der Waals surface area contributed by atoms with Crippen LogP contribution in [0.25, 0.3) is 0 Å². The van der Waals surface area contributed by atoms with Gasteiger partial charge < -0.3 is 10.0 Å². The molecule has 0 bridgehead atoms. The zero-order chi connectivity index (χ0) is 9.84. The third kappa shape index (κ3) is 3.32. The van der Waals surface area contributed by atoms with Gasteiger partial charge in [-0.25, -0.2) is 0 Å². The van der Waals surface area contributed by atoms with E-state index in [1.165, 1.54) is 6.42 Å². The van der Waals surface area contributed by atoms with Gasteiger partial charge in [0, 0.05) is 12.6 Å². The topological polar surface area (TPSA) is 43.8 Å². The molecular formula is C9H18N2O2. The summed E-state index contributed by atoms with van der Waals surface area (Å²) in [5.41, 5.74) is 0. The Morgan fingerprint density at radius 3 is 2.92 bits per heavy atom. The number of aliphatic carboxylic acids is 1. The van der Waals surface area contributed by atoms with Gasteiger partial charge in [0.05, 0.1) is 6.54 Å². The first-order chi connectivity index (χ1) is 6.09. The lowest BCUT2D eigenvalue weighted by atomic mass is 10.1. The summed E-state index contributed by atoms with van der Waals surface area (Å²) in [4.78, 5) is 14.7. The number of carbonyl (C=O) groups is 1. The number of hydrogen-bond acceptors (Lipinski definition) is 3. The van der Waals surface area contributed by atoms with E-state index < -0.39 is 5.97 Å². The van der Waals surface area contributed by atoms with Gasteiger partial charge in [-0.15, -0.1) is 0 Å². The number of carboxylic acid groups (broad SMARTS) is 1. The van der Waals surface area contributed by atoms with E-state index in [0.29, 0.717) is 6.04 Å². The average Bonchev–Trinajstić information content (AvgIpc) is 2.03. The molecule has 1 N–H and O–H groups in total. The molecule has 0 aromatic rings. The average molecular weight is 186 g/mol. The zero-order valence-corrected chi connectivity index (χ0v) is 8.36. The van der Waals surface area contributed by atoms with Crippen LogP contribution in [0.1, 0.15) is 12.8 Å².